The van der Waals surface area contributed by atoms with E-state index in [0.29, 0.717) is 12.5 Å². The van der Waals surface area contributed by atoms with Crippen molar-refractivity contribution < 1.29 is 19.3 Å². The fourth-order valence-corrected chi connectivity index (χ4v) is 6.10. The smallest absolute Gasteiger partial charge is 0.224 e. The van der Waals surface area contributed by atoms with E-state index in [2.05, 4.69) is 15.6 Å². The number of aromatic nitrogens is 4. The molecule has 1 saturated carbocycles. The molecule has 0 spiro atoms. The first-order chi connectivity index (χ1) is 17.8. The van der Waals surface area contributed by atoms with Crippen molar-refractivity contribution in [2.45, 2.75) is 57.8 Å². The standard InChI is InChI=1S/C26H38N6O4S/c1-15(36-6)12-28-25-29-16(2)21(24-31-22-17(3)27-10-9-20(22)37-24)23(32-25)30-19-8-7-18(11-19)26(33,13-34-4)14-35-5/h9-10,15,18-19,33H,7-8,11-14H2,1-6H3,(H2,28,29,30,32). The molecule has 0 bridgehead atoms. The highest BCUT2D eigenvalue weighted by Crippen LogP contribution is 2.40. The highest BCUT2D eigenvalue weighted by atomic mass is 32.1. The molecule has 0 aliphatic heterocycles. The lowest BCUT2D eigenvalue weighted by Crippen LogP contribution is -2.46. The number of anilines is 2. The molecule has 1 aliphatic carbocycles. The number of nitrogens with zero attached hydrogens (tertiary/aromatic N) is 4. The summed E-state index contributed by atoms with van der Waals surface area (Å²) in [6.07, 6.45) is 4.37. The normalized spacial score (nSPS) is 18.9. The van der Waals surface area contributed by atoms with Crippen LogP contribution < -0.4 is 10.6 Å². The summed E-state index contributed by atoms with van der Waals surface area (Å²) in [5.74, 6) is 1.32. The van der Waals surface area contributed by atoms with Crippen LogP contribution in [0.25, 0.3) is 20.8 Å². The van der Waals surface area contributed by atoms with E-state index in [0.717, 1.165) is 57.3 Å². The zero-order valence-electron chi connectivity index (χ0n) is 22.5. The topological polar surface area (TPSA) is 124 Å². The molecule has 3 atom stereocenters. The highest BCUT2D eigenvalue weighted by molar-refractivity contribution is 7.21. The first-order valence-electron chi connectivity index (χ1n) is 12.6. The molecule has 0 aromatic carbocycles. The van der Waals surface area contributed by atoms with Crippen molar-refractivity contribution in [2.75, 3.05) is 51.7 Å². The van der Waals surface area contributed by atoms with Gasteiger partial charge in [0, 0.05) is 40.1 Å². The van der Waals surface area contributed by atoms with Crippen molar-refractivity contribution in [1.29, 1.82) is 0 Å². The van der Waals surface area contributed by atoms with Gasteiger partial charge in [-0.25, -0.2) is 9.97 Å². The van der Waals surface area contributed by atoms with Crippen LogP contribution in [0.2, 0.25) is 0 Å². The average Bonchev–Trinajstić information content (AvgIpc) is 3.51. The van der Waals surface area contributed by atoms with Gasteiger partial charge in [0.05, 0.1) is 41.0 Å². The summed E-state index contributed by atoms with van der Waals surface area (Å²) in [6, 6.07) is 2.12. The van der Waals surface area contributed by atoms with Crippen molar-refractivity contribution >= 4 is 33.3 Å². The number of fused-ring (bicyclic) bond motifs is 1. The van der Waals surface area contributed by atoms with Gasteiger partial charge in [0.1, 0.15) is 21.9 Å². The van der Waals surface area contributed by atoms with Crippen molar-refractivity contribution in [3.63, 3.8) is 0 Å². The predicted octanol–water partition coefficient (Wildman–Crippen LogP) is 3.82. The zero-order valence-corrected chi connectivity index (χ0v) is 23.3. The van der Waals surface area contributed by atoms with E-state index in [1.807, 2.05) is 33.0 Å². The third-order valence-electron chi connectivity index (χ3n) is 7.07. The van der Waals surface area contributed by atoms with Gasteiger partial charge in [-0.05, 0) is 52.0 Å². The Morgan fingerprint density at radius 3 is 2.54 bits per heavy atom. The van der Waals surface area contributed by atoms with Crippen LogP contribution in [0, 0.1) is 19.8 Å². The van der Waals surface area contributed by atoms with E-state index < -0.39 is 5.60 Å². The lowest BCUT2D eigenvalue weighted by molar-refractivity contribution is -0.112. The van der Waals surface area contributed by atoms with Crippen LogP contribution in [0.3, 0.4) is 0 Å². The van der Waals surface area contributed by atoms with Gasteiger partial charge in [-0.3, -0.25) is 4.98 Å². The summed E-state index contributed by atoms with van der Waals surface area (Å²) < 4.78 is 17.1. The molecule has 202 valence electrons. The Labute approximate surface area is 222 Å². The third kappa shape index (κ3) is 6.18. The minimum atomic E-state index is -1.02. The number of methoxy groups -OCH3 is 3. The Morgan fingerprint density at radius 2 is 1.86 bits per heavy atom. The quantitative estimate of drug-likeness (QED) is 0.318. The molecule has 3 N–H and O–H groups in total. The number of hydrogen-bond donors (Lipinski definition) is 3. The molecule has 4 rings (SSSR count). The van der Waals surface area contributed by atoms with Crippen LogP contribution in [-0.4, -0.2) is 83.9 Å². The molecule has 3 aromatic heterocycles. The number of hydrogen-bond acceptors (Lipinski definition) is 11. The van der Waals surface area contributed by atoms with E-state index in [-0.39, 0.29) is 31.3 Å². The molecule has 37 heavy (non-hydrogen) atoms. The summed E-state index contributed by atoms with van der Waals surface area (Å²) in [5.41, 5.74) is 2.49. The molecule has 10 nitrogen and oxygen atoms in total. The van der Waals surface area contributed by atoms with Crippen LogP contribution >= 0.6 is 11.3 Å². The number of pyridine rings is 1. The molecule has 3 unspecified atom stereocenters. The number of ether oxygens (including phenoxy) is 3. The molecule has 0 amide bonds. The Morgan fingerprint density at radius 1 is 1.11 bits per heavy atom. The Balaban J connectivity index is 1.66. The van der Waals surface area contributed by atoms with Gasteiger partial charge in [0.15, 0.2) is 0 Å². The fraction of sp³-hybridized carbons (Fsp3) is 0.615. The van der Waals surface area contributed by atoms with Crippen molar-refractivity contribution in [1.82, 2.24) is 19.9 Å². The van der Waals surface area contributed by atoms with Gasteiger partial charge in [-0.15, -0.1) is 11.3 Å². The van der Waals surface area contributed by atoms with E-state index in [9.17, 15) is 5.11 Å². The van der Waals surface area contributed by atoms with E-state index >= 15 is 0 Å². The largest absolute Gasteiger partial charge is 0.385 e. The van der Waals surface area contributed by atoms with Crippen LogP contribution in [0.15, 0.2) is 12.3 Å². The summed E-state index contributed by atoms with van der Waals surface area (Å²) >= 11 is 1.61. The Kier molecular flexibility index (Phi) is 8.91. The van der Waals surface area contributed by atoms with Crippen molar-refractivity contribution in [3.8, 4) is 10.6 Å². The minimum Gasteiger partial charge on any atom is -0.385 e. The molecule has 1 fully saturated rings. The zero-order chi connectivity index (χ0) is 26.6. The highest BCUT2D eigenvalue weighted by Gasteiger charge is 2.42. The number of nitrogens with one attached hydrogen (secondary N) is 2. The van der Waals surface area contributed by atoms with Crippen LogP contribution in [-0.2, 0) is 14.2 Å². The molecule has 3 heterocycles. The van der Waals surface area contributed by atoms with Gasteiger partial charge in [0.25, 0.3) is 0 Å². The van der Waals surface area contributed by atoms with Gasteiger partial charge in [-0.1, -0.05) is 0 Å². The van der Waals surface area contributed by atoms with Gasteiger partial charge in [-0.2, -0.15) is 4.98 Å². The molecule has 11 heteroatoms. The average molecular weight is 531 g/mol. The van der Waals surface area contributed by atoms with Crippen molar-refractivity contribution in [2.24, 2.45) is 5.92 Å². The maximum atomic E-state index is 11.2. The molecule has 3 aromatic rings. The molecular formula is C26H38N6O4S. The second kappa shape index (κ2) is 12.0. The summed E-state index contributed by atoms with van der Waals surface area (Å²) in [7, 11) is 4.90. The maximum Gasteiger partial charge on any atom is 0.224 e. The number of aryl methyl sites for hydroxylation is 2. The van der Waals surface area contributed by atoms with Crippen LogP contribution in [0.5, 0.6) is 0 Å². The third-order valence-corrected chi connectivity index (χ3v) is 8.10. The van der Waals surface area contributed by atoms with Crippen molar-refractivity contribution in [3.05, 3.63) is 23.7 Å². The van der Waals surface area contributed by atoms with Gasteiger partial charge < -0.3 is 30.0 Å². The van der Waals surface area contributed by atoms with Gasteiger partial charge >= 0.3 is 0 Å². The van der Waals surface area contributed by atoms with Crippen LogP contribution in [0.4, 0.5) is 11.8 Å². The van der Waals surface area contributed by atoms with E-state index in [1.54, 1.807) is 32.7 Å². The summed E-state index contributed by atoms with van der Waals surface area (Å²) in [4.78, 5) is 18.9. The summed E-state index contributed by atoms with van der Waals surface area (Å²) in [6.45, 7) is 7.01. The number of rotatable bonds is 12. The molecule has 0 saturated heterocycles. The lowest BCUT2D eigenvalue weighted by atomic mass is 9.87. The molecular weight excluding hydrogens is 492 g/mol. The predicted molar refractivity (Wildman–Crippen MR) is 146 cm³/mol. The number of aliphatic hydroxyl groups is 1. The Hall–Kier alpha value is -2.44. The van der Waals surface area contributed by atoms with Crippen LogP contribution in [0.1, 0.15) is 37.6 Å². The summed E-state index contributed by atoms with van der Waals surface area (Å²) in [5, 5.41) is 19.0. The lowest BCUT2D eigenvalue weighted by Gasteiger charge is -2.33. The SMILES string of the molecule is COCC(O)(COC)C1CCC(Nc2nc(NCC(C)OC)nc(C)c2-c2nc3c(C)nccc3s2)C1. The fourth-order valence-electron chi connectivity index (χ4n) is 4.99. The molecule has 1 aliphatic rings. The Bertz CT molecular complexity index is 1200. The van der Waals surface area contributed by atoms with E-state index in [4.69, 9.17) is 29.2 Å². The second-order valence-electron chi connectivity index (χ2n) is 9.87. The monoisotopic (exact) mass is 530 g/mol. The molecule has 0 radical (unpaired) electrons. The maximum absolute atomic E-state index is 11.2. The van der Waals surface area contributed by atoms with E-state index in [1.165, 1.54) is 0 Å². The number of thiazole rings is 1. The first-order valence-corrected chi connectivity index (χ1v) is 13.4. The minimum absolute atomic E-state index is 0.0227. The van der Waals surface area contributed by atoms with Gasteiger partial charge in [0.2, 0.25) is 5.95 Å². The first kappa shape index (κ1) is 27.6. The second-order valence-corrected chi connectivity index (χ2v) is 10.9.